The minimum atomic E-state index is -3.95. The highest BCUT2D eigenvalue weighted by Crippen LogP contribution is 2.44. The van der Waals surface area contributed by atoms with Crippen LogP contribution in [0.3, 0.4) is 0 Å². The van der Waals surface area contributed by atoms with Crippen LogP contribution in [0.1, 0.15) is 19.3 Å². The summed E-state index contributed by atoms with van der Waals surface area (Å²) in [6, 6.07) is -0.996. The number of carboxylic acid groups (broad SMARTS) is 1. The zero-order valence-corrected chi connectivity index (χ0v) is 13.7. The van der Waals surface area contributed by atoms with E-state index in [9.17, 15) is 18.3 Å². The van der Waals surface area contributed by atoms with Crippen LogP contribution in [-0.4, -0.2) is 51.4 Å². The molecule has 1 saturated heterocycles. The summed E-state index contributed by atoms with van der Waals surface area (Å²) in [6.07, 6.45) is 2.60. The van der Waals surface area contributed by atoms with E-state index >= 15 is 0 Å². The molecular formula is C11H15BrN4O4S. The minimum absolute atomic E-state index is 0.0998. The van der Waals surface area contributed by atoms with E-state index in [0.717, 1.165) is 28.2 Å². The van der Waals surface area contributed by atoms with Crippen molar-refractivity contribution in [2.24, 2.45) is 18.9 Å². The Morgan fingerprint density at radius 2 is 2.14 bits per heavy atom. The Hall–Kier alpha value is -1.00. The lowest BCUT2D eigenvalue weighted by atomic mass is 9.94. The molecule has 1 N–H and O–H groups in total. The summed E-state index contributed by atoms with van der Waals surface area (Å²) in [4.78, 5) is 11.6. The highest BCUT2D eigenvalue weighted by molar-refractivity contribution is 9.10. The van der Waals surface area contributed by atoms with E-state index in [1.54, 1.807) is 0 Å². The molecule has 10 heteroatoms. The van der Waals surface area contributed by atoms with Crippen LogP contribution in [0.5, 0.6) is 0 Å². The Morgan fingerprint density at radius 1 is 1.43 bits per heavy atom. The van der Waals surface area contributed by atoms with Crippen LogP contribution in [-0.2, 0) is 21.9 Å². The molecule has 2 fully saturated rings. The fraction of sp³-hybridized carbons (Fsp3) is 0.727. The fourth-order valence-electron chi connectivity index (χ4n) is 3.53. The van der Waals surface area contributed by atoms with Gasteiger partial charge >= 0.3 is 5.97 Å². The van der Waals surface area contributed by atoms with Crippen LogP contribution < -0.4 is 0 Å². The van der Waals surface area contributed by atoms with Gasteiger partial charge in [-0.15, -0.1) is 5.10 Å². The molecule has 0 radical (unpaired) electrons. The lowest BCUT2D eigenvalue weighted by molar-refractivity contribution is -0.142. The van der Waals surface area contributed by atoms with Gasteiger partial charge in [0.2, 0.25) is 5.03 Å². The smallest absolute Gasteiger partial charge is 0.322 e. The molecule has 0 amide bonds. The normalized spacial score (nSPS) is 29.7. The number of carboxylic acids is 1. The first kappa shape index (κ1) is 14.9. The van der Waals surface area contributed by atoms with Crippen molar-refractivity contribution in [3.63, 3.8) is 0 Å². The SMILES string of the molecule is Cn1nnc(Br)c1S(=O)(=O)N1CC2CCCC2C1C(=O)O. The molecule has 0 spiro atoms. The lowest BCUT2D eigenvalue weighted by Gasteiger charge is -2.23. The van der Waals surface area contributed by atoms with Gasteiger partial charge in [-0.2, -0.15) is 4.31 Å². The standard InChI is InChI=1S/C11H15BrN4O4S/c1-15-10(9(12)13-14-15)21(19,20)16-5-6-3-2-4-7(6)8(16)11(17)18/h6-8H,2-5H2,1H3,(H,17,18). The maximum Gasteiger partial charge on any atom is 0.322 e. The Kier molecular flexibility index (Phi) is 3.57. The third kappa shape index (κ3) is 2.20. The molecule has 116 valence electrons. The van der Waals surface area contributed by atoms with Crippen LogP contribution >= 0.6 is 15.9 Å². The Balaban J connectivity index is 2.05. The second-order valence-electron chi connectivity index (χ2n) is 5.52. The summed E-state index contributed by atoms with van der Waals surface area (Å²) in [5.74, 6) is -1.06. The number of aromatic nitrogens is 3. The maximum absolute atomic E-state index is 12.8. The van der Waals surface area contributed by atoms with Crippen molar-refractivity contribution in [2.45, 2.75) is 30.3 Å². The van der Waals surface area contributed by atoms with E-state index < -0.39 is 22.0 Å². The van der Waals surface area contributed by atoms with Gasteiger partial charge in [0.25, 0.3) is 10.0 Å². The van der Waals surface area contributed by atoms with Crippen molar-refractivity contribution in [3.05, 3.63) is 4.60 Å². The monoisotopic (exact) mass is 378 g/mol. The molecule has 21 heavy (non-hydrogen) atoms. The minimum Gasteiger partial charge on any atom is -0.480 e. The first-order chi connectivity index (χ1) is 9.84. The van der Waals surface area contributed by atoms with Crippen molar-refractivity contribution in [3.8, 4) is 0 Å². The largest absolute Gasteiger partial charge is 0.480 e. The summed E-state index contributed by atoms with van der Waals surface area (Å²) < 4.78 is 28.0. The summed E-state index contributed by atoms with van der Waals surface area (Å²) in [7, 11) is -2.48. The maximum atomic E-state index is 12.8. The predicted octanol–water partition coefficient (Wildman–Crippen LogP) is 0.451. The second-order valence-corrected chi connectivity index (χ2v) is 8.08. The number of aliphatic carboxylic acids is 1. The molecule has 0 bridgehead atoms. The van der Waals surface area contributed by atoms with Crippen LogP contribution in [0.15, 0.2) is 9.63 Å². The highest BCUT2D eigenvalue weighted by Gasteiger charge is 2.53. The molecule has 1 aliphatic heterocycles. The molecule has 3 rings (SSSR count). The number of rotatable bonds is 3. The summed E-state index contributed by atoms with van der Waals surface area (Å²) >= 11 is 3.07. The average molecular weight is 379 g/mol. The molecule has 1 aromatic rings. The molecule has 3 unspecified atom stereocenters. The Morgan fingerprint density at radius 3 is 2.71 bits per heavy atom. The number of carbonyl (C=O) groups is 1. The third-order valence-electron chi connectivity index (χ3n) is 4.39. The van der Waals surface area contributed by atoms with E-state index in [2.05, 4.69) is 26.2 Å². The molecule has 1 saturated carbocycles. The Bertz CT molecular complexity index is 669. The summed E-state index contributed by atoms with van der Waals surface area (Å²) in [5.41, 5.74) is 0. The van der Waals surface area contributed by atoms with Gasteiger partial charge in [-0.1, -0.05) is 11.6 Å². The molecule has 0 aromatic carbocycles. The number of sulfonamides is 1. The molecule has 2 heterocycles. The third-order valence-corrected chi connectivity index (χ3v) is 7.13. The zero-order valence-electron chi connectivity index (χ0n) is 11.3. The quantitative estimate of drug-likeness (QED) is 0.818. The number of nitrogens with zero attached hydrogens (tertiary/aromatic N) is 4. The molecule has 8 nitrogen and oxygen atoms in total. The number of hydrogen-bond donors (Lipinski definition) is 1. The zero-order chi connectivity index (χ0) is 15.4. The van der Waals surface area contributed by atoms with E-state index in [4.69, 9.17) is 0 Å². The first-order valence-electron chi connectivity index (χ1n) is 6.64. The molecule has 2 aliphatic rings. The van der Waals surface area contributed by atoms with Gasteiger partial charge in [-0.05, 0) is 40.6 Å². The topological polar surface area (TPSA) is 105 Å². The van der Waals surface area contributed by atoms with Crippen molar-refractivity contribution in [2.75, 3.05) is 6.54 Å². The predicted molar refractivity (Wildman–Crippen MR) is 74.8 cm³/mol. The number of hydrogen-bond acceptors (Lipinski definition) is 5. The Labute approximate surface area is 130 Å². The van der Waals surface area contributed by atoms with Crippen LogP contribution in [0.2, 0.25) is 0 Å². The van der Waals surface area contributed by atoms with Gasteiger partial charge in [0.1, 0.15) is 6.04 Å². The fourth-order valence-corrected chi connectivity index (χ4v) is 6.25. The molecule has 3 atom stereocenters. The molecule has 1 aromatic heterocycles. The first-order valence-corrected chi connectivity index (χ1v) is 8.87. The van der Waals surface area contributed by atoms with Gasteiger partial charge in [-0.25, -0.2) is 13.1 Å². The summed E-state index contributed by atoms with van der Waals surface area (Å²) in [6.45, 7) is 0.252. The van der Waals surface area contributed by atoms with Gasteiger partial charge in [0.05, 0.1) is 0 Å². The second kappa shape index (κ2) is 5.03. The van der Waals surface area contributed by atoms with E-state index in [1.165, 1.54) is 7.05 Å². The van der Waals surface area contributed by atoms with Crippen molar-refractivity contribution < 1.29 is 18.3 Å². The summed E-state index contributed by atoms with van der Waals surface area (Å²) in [5, 5.41) is 16.7. The van der Waals surface area contributed by atoms with E-state index in [0.29, 0.717) is 0 Å². The highest BCUT2D eigenvalue weighted by atomic mass is 79.9. The molecular weight excluding hydrogens is 364 g/mol. The van der Waals surface area contributed by atoms with Gasteiger partial charge in [-0.3, -0.25) is 4.79 Å². The van der Waals surface area contributed by atoms with E-state index in [-0.39, 0.29) is 28.0 Å². The van der Waals surface area contributed by atoms with Gasteiger partial charge in [0.15, 0.2) is 4.60 Å². The number of fused-ring (bicyclic) bond motifs is 1. The van der Waals surface area contributed by atoms with Crippen molar-refractivity contribution in [1.82, 2.24) is 19.3 Å². The van der Waals surface area contributed by atoms with Crippen LogP contribution in [0.25, 0.3) is 0 Å². The van der Waals surface area contributed by atoms with Gasteiger partial charge < -0.3 is 5.11 Å². The van der Waals surface area contributed by atoms with Gasteiger partial charge in [0, 0.05) is 13.6 Å². The lowest BCUT2D eigenvalue weighted by Crippen LogP contribution is -2.43. The average Bonchev–Trinajstić information content (AvgIpc) is 3.02. The van der Waals surface area contributed by atoms with Crippen molar-refractivity contribution >= 4 is 31.9 Å². The number of halogens is 1. The van der Waals surface area contributed by atoms with Crippen molar-refractivity contribution in [1.29, 1.82) is 0 Å². The van der Waals surface area contributed by atoms with E-state index in [1.807, 2.05) is 0 Å². The molecule has 1 aliphatic carbocycles. The van der Waals surface area contributed by atoms with Crippen LogP contribution in [0.4, 0.5) is 0 Å². The number of aryl methyl sites for hydroxylation is 1. The van der Waals surface area contributed by atoms with Crippen LogP contribution in [0, 0.1) is 11.8 Å².